The topological polar surface area (TPSA) is 54.4 Å². The Labute approximate surface area is 131 Å². The summed E-state index contributed by atoms with van der Waals surface area (Å²) in [6, 6.07) is 10.3. The minimum absolute atomic E-state index is 0.250. The van der Waals surface area contributed by atoms with Gasteiger partial charge in [0.2, 0.25) is 0 Å². The molecule has 116 valence electrons. The molecule has 2 rings (SSSR count). The molecule has 3 nitrogen and oxygen atoms in total. The molecule has 0 saturated carbocycles. The molecule has 0 bridgehead atoms. The van der Waals surface area contributed by atoms with E-state index in [1.807, 2.05) is 39.8 Å². The van der Waals surface area contributed by atoms with Crippen LogP contribution in [0.4, 0.5) is 0 Å². The fraction of sp³-hybridized carbons (Fsp3) is 0.278. The predicted octanol–water partition coefficient (Wildman–Crippen LogP) is 3.91. The third kappa shape index (κ3) is 2.79. The Morgan fingerprint density at radius 1 is 1.05 bits per heavy atom. The second-order valence-electron chi connectivity index (χ2n) is 5.54. The van der Waals surface area contributed by atoms with E-state index < -0.39 is 12.9 Å². The molecular formula is C18H21O3P. The van der Waals surface area contributed by atoms with Gasteiger partial charge in [-0.3, -0.25) is 9.36 Å². The van der Waals surface area contributed by atoms with E-state index in [0.717, 1.165) is 22.3 Å². The number of hydrogen-bond donors (Lipinski definition) is 1. The smallest absolute Gasteiger partial charge is 0.298 e. The second kappa shape index (κ2) is 6.20. The molecule has 0 aliphatic heterocycles. The first-order valence-corrected chi connectivity index (χ1v) is 8.99. The Kier molecular flexibility index (Phi) is 4.69. The van der Waals surface area contributed by atoms with Crippen molar-refractivity contribution in [1.29, 1.82) is 0 Å². The molecule has 4 heteroatoms. The Morgan fingerprint density at radius 3 is 2.32 bits per heavy atom. The summed E-state index contributed by atoms with van der Waals surface area (Å²) in [6.45, 7) is 7.61. The van der Waals surface area contributed by atoms with Gasteiger partial charge in [0.15, 0.2) is 0 Å². The first-order chi connectivity index (χ1) is 10.3. The first-order valence-electron chi connectivity index (χ1n) is 7.33. The Hall–Kier alpha value is -1.70. The lowest BCUT2D eigenvalue weighted by atomic mass is 10.00. The SMILES string of the molecule is CCc1ccccc1P(=O)(O)C(=O)c1ccc(C)c(C)c1C. The highest BCUT2D eigenvalue weighted by Gasteiger charge is 2.35. The molecule has 2 aromatic rings. The summed E-state index contributed by atoms with van der Waals surface area (Å²) in [6.07, 6.45) is 0.611. The molecule has 0 radical (unpaired) electrons. The Balaban J connectivity index is 2.57. The minimum Gasteiger partial charge on any atom is -0.336 e. The van der Waals surface area contributed by atoms with Gasteiger partial charge in [-0.2, -0.15) is 0 Å². The van der Waals surface area contributed by atoms with Gasteiger partial charge in [0.05, 0.1) is 0 Å². The van der Waals surface area contributed by atoms with Crippen LogP contribution in [0.1, 0.15) is 39.5 Å². The molecule has 1 N–H and O–H groups in total. The zero-order chi connectivity index (χ0) is 16.5. The standard InChI is InChI=1S/C18H21O3P/c1-5-15-8-6-7-9-17(15)22(20,21)18(19)16-11-10-12(2)13(3)14(16)4/h6-11H,5H2,1-4H3,(H,20,21). The van der Waals surface area contributed by atoms with Gasteiger partial charge in [0.25, 0.3) is 12.9 Å². The van der Waals surface area contributed by atoms with Crippen LogP contribution >= 0.6 is 7.37 Å². The molecule has 0 spiro atoms. The van der Waals surface area contributed by atoms with Crippen molar-refractivity contribution in [1.82, 2.24) is 0 Å². The molecule has 0 fully saturated rings. The Bertz CT molecular complexity index is 778. The summed E-state index contributed by atoms with van der Waals surface area (Å²) in [5.41, 5.74) is 3.20. The quantitative estimate of drug-likeness (QED) is 0.870. The molecule has 1 atom stereocenters. The van der Waals surface area contributed by atoms with Crippen LogP contribution in [0, 0.1) is 20.8 Å². The zero-order valence-electron chi connectivity index (χ0n) is 13.4. The lowest BCUT2D eigenvalue weighted by molar-refractivity contribution is 0.106. The highest BCUT2D eigenvalue weighted by atomic mass is 31.2. The average Bonchev–Trinajstić information content (AvgIpc) is 2.52. The van der Waals surface area contributed by atoms with Crippen molar-refractivity contribution >= 4 is 18.2 Å². The van der Waals surface area contributed by atoms with E-state index in [-0.39, 0.29) is 5.30 Å². The fourth-order valence-corrected chi connectivity index (χ4v) is 4.26. The van der Waals surface area contributed by atoms with Gasteiger partial charge in [-0.15, -0.1) is 0 Å². The monoisotopic (exact) mass is 316 g/mol. The summed E-state index contributed by atoms with van der Waals surface area (Å²) >= 11 is 0. The summed E-state index contributed by atoms with van der Waals surface area (Å²) in [7, 11) is -4.11. The molecule has 1 unspecified atom stereocenters. The molecule has 22 heavy (non-hydrogen) atoms. The van der Waals surface area contributed by atoms with Gasteiger partial charge in [0, 0.05) is 10.9 Å². The second-order valence-corrected chi connectivity index (χ2v) is 7.58. The van der Waals surface area contributed by atoms with E-state index in [9.17, 15) is 14.3 Å². The van der Waals surface area contributed by atoms with Crippen molar-refractivity contribution in [2.45, 2.75) is 34.1 Å². The summed E-state index contributed by atoms with van der Waals surface area (Å²) < 4.78 is 12.9. The first kappa shape index (κ1) is 16.7. The molecule has 0 heterocycles. The van der Waals surface area contributed by atoms with Crippen LogP contribution in [0.15, 0.2) is 36.4 Å². The normalized spacial score (nSPS) is 13.7. The zero-order valence-corrected chi connectivity index (χ0v) is 14.3. The van der Waals surface area contributed by atoms with Crippen LogP contribution in [-0.4, -0.2) is 10.4 Å². The largest absolute Gasteiger partial charge is 0.336 e. The van der Waals surface area contributed by atoms with Gasteiger partial charge in [0.1, 0.15) is 0 Å². The molecule has 0 aliphatic carbocycles. The number of rotatable bonds is 4. The molecule has 2 aromatic carbocycles. The summed E-state index contributed by atoms with van der Waals surface area (Å²) in [5, 5.41) is 0.250. The van der Waals surface area contributed by atoms with E-state index in [0.29, 0.717) is 12.0 Å². The third-order valence-corrected chi connectivity index (χ3v) is 6.14. The minimum atomic E-state index is -4.11. The summed E-state index contributed by atoms with van der Waals surface area (Å²) in [4.78, 5) is 23.2. The van der Waals surface area contributed by atoms with Gasteiger partial charge < -0.3 is 4.89 Å². The lowest BCUT2D eigenvalue weighted by Gasteiger charge is -2.16. The predicted molar refractivity (Wildman–Crippen MR) is 90.3 cm³/mol. The maximum absolute atomic E-state index is 12.9. The maximum Gasteiger partial charge on any atom is 0.298 e. The number of carbonyl (C=O) groups excluding carboxylic acids is 1. The number of carbonyl (C=O) groups is 1. The average molecular weight is 316 g/mol. The van der Waals surface area contributed by atoms with E-state index in [1.165, 1.54) is 0 Å². The van der Waals surface area contributed by atoms with Gasteiger partial charge in [-0.1, -0.05) is 37.3 Å². The molecular weight excluding hydrogens is 295 g/mol. The van der Waals surface area contributed by atoms with Crippen molar-refractivity contribution < 1.29 is 14.3 Å². The van der Waals surface area contributed by atoms with Gasteiger partial charge >= 0.3 is 0 Å². The maximum atomic E-state index is 12.9. The van der Waals surface area contributed by atoms with E-state index >= 15 is 0 Å². The molecule has 0 aromatic heterocycles. The number of benzene rings is 2. The van der Waals surface area contributed by atoms with Gasteiger partial charge in [-0.05, 0) is 55.5 Å². The van der Waals surface area contributed by atoms with Crippen LogP contribution < -0.4 is 5.30 Å². The Morgan fingerprint density at radius 2 is 1.68 bits per heavy atom. The van der Waals surface area contributed by atoms with Crippen molar-refractivity contribution in [2.24, 2.45) is 0 Å². The van der Waals surface area contributed by atoms with Crippen molar-refractivity contribution in [2.75, 3.05) is 0 Å². The van der Waals surface area contributed by atoms with Crippen LogP contribution in [0.2, 0.25) is 0 Å². The van der Waals surface area contributed by atoms with Crippen molar-refractivity contribution in [3.8, 4) is 0 Å². The van der Waals surface area contributed by atoms with E-state index in [2.05, 4.69) is 0 Å². The number of aryl methyl sites for hydroxylation is 2. The molecule has 0 amide bonds. The van der Waals surface area contributed by atoms with Crippen molar-refractivity contribution in [3.63, 3.8) is 0 Å². The van der Waals surface area contributed by atoms with E-state index in [1.54, 1.807) is 24.3 Å². The third-order valence-electron chi connectivity index (χ3n) is 4.26. The van der Waals surface area contributed by atoms with Gasteiger partial charge in [-0.25, -0.2) is 0 Å². The highest BCUT2D eigenvalue weighted by molar-refractivity contribution is 7.82. The number of hydrogen-bond acceptors (Lipinski definition) is 2. The lowest BCUT2D eigenvalue weighted by Crippen LogP contribution is -2.17. The molecule has 0 saturated heterocycles. The van der Waals surface area contributed by atoms with Crippen LogP contribution in [0.3, 0.4) is 0 Å². The van der Waals surface area contributed by atoms with Crippen LogP contribution in [-0.2, 0) is 11.0 Å². The molecule has 0 aliphatic rings. The van der Waals surface area contributed by atoms with E-state index in [4.69, 9.17) is 0 Å². The van der Waals surface area contributed by atoms with Crippen molar-refractivity contribution in [3.05, 3.63) is 64.2 Å². The fourth-order valence-electron chi connectivity index (χ4n) is 2.57. The highest BCUT2D eigenvalue weighted by Crippen LogP contribution is 2.45. The van der Waals surface area contributed by atoms with Crippen LogP contribution in [0.25, 0.3) is 0 Å². The summed E-state index contributed by atoms with van der Waals surface area (Å²) in [5.74, 6) is 0. The van der Waals surface area contributed by atoms with Crippen LogP contribution in [0.5, 0.6) is 0 Å².